The van der Waals surface area contributed by atoms with Gasteiger partial charge in [-0.25, -0.2) is 8.42 Å². The second kappa shape index (κ2) is 6.07. The van der Waals surface area contributed by atoms with Crippen molar-refractivity contribution in [2.75, 3.05) is 18.6 Å². The fraction of sp³-hybridized carbons (Fsp3) is 0.889. The summed E-state index contributed by atoms with van der Waals surface area (Å²) in [7, 11) is -3.04. The third kappa shape index (κ3) is 8.38. The molecule has 0 aliphatic rings. The summed E-state index contributed by atoms with van der Waals surface area (Å²) in [5, 5.41) is 2.66. The number of carbonyl (C=O) groups is 1. The van der Waals surface area contributed by atoms with E-state index in [0.29, 0.717) is 12.5 Å². The Bertz CT molecular complexity index is 298. The second-order valence-electron chi connectivity index (χ2n) is 4.16. The van der Waals surface area contributed by atoms with Crippen molar-refractivity contribution in [2.24, 2.45) is 11.7 Å². The topological polar surface area (TPSA) is 89.3 Å². The average Bonchev–Trinajstić information content (AvgIpc) is 2.08. The molecule has 15 heavy (non-hydrogen) atoms. The van der Waals surface area contributed by atoms with Crippen LogP contribution in [0, 0.1) is 5.92 Å². The highest BCUT2D eigenvalue weighted by atomic mass is 32.2. The van der Waals surface area contributed by atoms with Crippen molar-refractivity contribution in [3.05, 3.63) is 0 Å². The fourth-order valence-electron chi connectivity index (χ4n) is 0.908. The number of sulfone groups is 1. The van der Waals surface area contributed by atoms with Gasteiger partial charge in [0, 0.05) is 12.8 Å². The Balaban J connectivity index is 3.90. The number of carbonyl (C=O) groups excluding carboxylic acids is 1. The SMILES string of the molecule is CC(C)CNC(=O)C(N)CCS(C)(=O)=O. The molecule has 0 aromatic rings. The van der Waals surface area contributed by atoms with E-state index < -0.39 is 15.9 Å². The molecule has 0 saturated heterocycles. The highest BCUT2D eigenvalue weighted by molar-refractivity contribution is 7.90. The van der Waals surface area contributed by atoms with Crippen LogP contribution in [-0.2, 0) is 14.6 Å². The maximum absolute atomic E-state index is 11.3. The Morgan fingerprint density at radius 1 is 1.40 bits per heavy atom. The molecule has 1 unspecified atom stereocenters. The minimum atomic E-state index is -3.04. The van der Waals surface area contributed by atoms with Gasteiger partial charge in [-0.3, -0.25) is 4.79 Å². The number of hydrogen-bond acceptors (Lipinski definition) is 4. The molecule has 0 bridgehead atoms. The number of nitrogens with one attached hydrogen (secondary N) is 1. The van der Waals surface area contributed by atoms with Crippen LogP contribution < -0.4 is 11.1 Å². The van der Waals surface area contributed by atoms with Gasteiger partial charge in [-0.05, 0) is 12.3 Å². The summed E-state index contributed by atoms with van der Waals surface area (Å²) < 4.78 is 21.7. The van der Waals surface area contributed by atoms with E-state index in [1.807, 2.05) is 13.8 Å². The van der Waals surface area contributed by atoms with E-state index in [1.54, 1.807) is 0 Å². The standard InChI is InChI=1S/C9H20N2O3S/c1-7(2)6-11-9(12)8(10)4-5-15(3,13)14/h7-8H,4-6,10H2,1-3H3,(H,11,12). The zero-order valence-electron chi connectivity index (χ0n) is 9.49. The number of nitrogens with two attached hydrogens (primary N) is 1. The summed E-state index contributed by atoms with van der Waals surface area (Å²) in [6.45, 7) is 4.51. The number of rotatable bonds is 6. The van der Waals surface area contributed by atoms with Crippen LogP contribution in [0.25, 0.3) is 0 Å². The van der Waals surface area contributed by atoms with Crippen LogP contribution in [0.2, 0.25) is 0 Å². The van der Waals surface area contributed by atoms with Gasteiger partial charge in [-0.15, -0.1) is 0 Å². The Hall–Kier alpha value is -0.620. The lowest BCUT2D eigenvalue weighted by Gasteiger charge is -2.12. The number of amides is 1. The lowest BCUT2D eigenvalue weighted by molar-refractivity contribution is -0.122. The van der Waals surface area contributed by atoms with E-state index in [4.69, 9.17) is 5.73 Å². The van der Waals surface area contributed by atoms with Crippen LogP contribution in [-0.4, -0.2) is 38.9 Å². The molecule has 1 amide bonds. The molecule has 5 nitrogen and oxygen atoms in total. The Morgan fingerprint density at radius 3 is 2.33 bits per heavy atom. The van der Waals surface area contributed by atoms with Gasteiger partial charge in [0.25, 0.3) is 0 Å². The van der Waals surface area contributed by atoms with Crippen LogP contribution in [0.15, 0.2) is 0 Å². The average molecular weight is 236 g/mol. The van der Waals surface area contributed by atoms with Crippen molar-refractivity contribution in [1.29, 1.82) is 0 Å². The summed E-state index contributed by atoms with van der Waals surface area (Å²) in [6.07, 6.45) is 1.30. The first-order chi connectivity index (χ1) is 6.72. The van der Waals surface area contributed by atoms with Crippen molar-refractivity contribution in [1.82, 2.24) is 5.32 Å². The van der Waals surface area contributed by atoms with Crippen LogP contribution in [0.1, 0.15) is 20.3 Å². The van der Waals surface area contributed by atoms with Gasteiger partial charge in [-0.1, -0.05) is 13.8 Å². The second-order valence-corrected chi connectivity index (χ2v) is 6.42. The molecule has 0 aromatic heterocycles. The zero-order valence-corrected chi connectivity index (χ0v) is 10.3. The maximum atomic E-state index is 11.3. The maximum Gasteiger partial charge on any atom is 0.236 e. The molecule has 0 aliphatic carbocycles. The van der Waals surface area contributed by atoms with Crippen LogP contribution >= 0.6 is 0 Å². The summed E-state index contributed by atoms with van der Waals surface area (Å²) >= 11 is 0. The van der Waals surface area contributed by atoms with Crippen LogP contribution in [0.5, 0.6) is 0 Å². The van der Waals surface area contributed by atoms with Gasteiger partial charge in [0.2, 0.25) is 5.91 Å². The molecule has 1 atom stereocenters. The van der Waals surface area contributed by atoms with Gasteiger partial charge in [-0.2, -0.15) is 0 Å². The van der Waals surface area contributed by atoms with Crippen molar-refractivity contribution >= 4 is 15.7 Å². The minimum absolute atomic E-state index is 0.0523. The first kappa shape index (κ1) is 14.4. The molecule has 0 fully saturated rings. The van der Waals surface area contributed by atoms with E-state index in [1.165, 1.54) is 0 Å². The monoisotopic (exact) mass is 236 g/mol. The molecular weight excluding hydrogens is 216 g/mol. The smallest absolute Gasteiger partial charge is 0.236 e. The fourth-order valence-corrected chi connectivity index (χ4v) is 1.59. The molecule has 0 rings (SSSR count). The molecule has 0 aliphatic heterocycles. The third-order valence-corrected chi connectivity index (χ3v) is 2.80. The van der Waals surface area contributed by atoms with E-state index >= 15 is 0 Å². The van der Waals surface area contributed by atoms with Gasteiger partial charge in [0.1, 0.15) is 9.84 Å². The summed E-state index contributed by atoms with van der Waals surface area (Å²) in [5.41, 5.74) is 5.53. The molecule has 0 spiro atoms. The van der Waals surface area contributed by atoms with E-state index in [9.17, 15) is 13.2 Å². The minimum Gasteiger partial charge on any atom is -0.354 e. The van der Waals surface area contributed by atoms with Gasteiger partial charge in [0.15, 0.2) is 0 Å². The van der Waals surface area contributed by atoms with Gasteiger partial charge in [0.05, 0.1) is 11.8 Å². The Morgan fingerprint density at radius 2 is 1.93 bits per heavy atom. The predicted octanol–water partition coefficient (Wildman–Crippen LogP) is -0.479. The summed E-state index contributed by atoms with van der Waals surface area (Å²) in [5.74, 6) is 0.0203. The highest BCUT2D eigenvalue weighted by Gasteiger charge is 2.15. The van der Waals surface area contributed by atoms with Crippen molar-refractivity contribution < 1.29 is 13.2 Å². The van der Waals surface area contributed by atoms with E-state index in [-0.39, 0.29) is 18.1 Å². The van der Waals surface area contributed by atoms with Crippen LogP contribution in [0.4, 0.5) is 0 Å². The first-order valence-corrected chi connectivity index (χ1v) is 6.99. The van der Waals surface area contributed by atoms with E-state index in [0.717, 1.165) is 6.26 Å². The molecule has 3 N–H and O–H groups in total. The van der Waals surface area contributed by atoms with Gasteiger partial charge < -0.3 is 11.1 Å². The van der Waals surface area contributed by atoms with Crippen molar-refractivity contribution in [3.63, 3.8) is 0 Å². The molecule has 90 valence electrons. The molecule has 6 heteroatoms. The molecule has 0 saturated carbocycles. The Kier molecular flexibility index (Phi) is 5.82. The zero-order chi connectivity index (χ0) is 12.1. The van der Waals surface area contributed by atoms with Gasteiger partial charge >= 0.3 is 0 Å². The lowest BCUT2D eigenvalue weighted by atomic mass is 10.2. The first-order valence-electron chi connectivity index (χ1n) is 4.93. The molecule has 0 aromatic carbocycles. The molecular formula is C9H20N2O3S. The predicted molar refractivity (Wildman–Crippen MR) is 60.2 cm³/mol. The highest BCUT2D eigenvalue weighted by Crippen LogP contribution is 1.95. The van der Waals surface area contributed by atoms with E-state index in [2.05, 4.69) is 5.32 Å². The quantitative estimate of drug-likeness (QED) is 0.652. The summed E-state index contributed by atoms with van der Waals surface area (Å²) in [4.78, 5) is 11.3. The molecule has 0 heterocycles. The largest absolute Gasteiger partial charge is 0.354 e. The van der Waals surface area contributed by atoms with Crippen molar-refractivity contribution in [2.45, 2.75) is 26.3 Å². The Labute approximate surface area is 91.3 Å². The normalized spacial score (nSPS) is 13.9. The summed E-state index contributed by atoms with van der Waals surface area (Å²) in [6, 6.07) is -0.738. The van der Waals surface area contributed by atoms with Crippen LogP contribution in [0.3, 0.4) is 0 Å². The molecule has 0 radical (unpaired) electrons. The third-order valence-electron chi connectivity index (χ3n) is 1.82. The number of hydrogen-bond donors (Lipinski definition) is 2. The van der Waals surface area contributed by atoms with Crippen molar-refractivity contribution in [3.8, 4) is 0 Å². The lowest BCUT2D eigenvalue weighted by Crippen LogP contribution is -2.42.